The number of carbonyl (C=O) groups excluding carboxylic acids is 1. The average molecular weight is 354 g/mol. The standard InChI is InChI=1S/C16H22N2O5S/c1-13-12-23-11-8-18(13)16(19)14-2-4-15(5-3-14)24(20,21)17-6-9-22-10-7-17/h2-5,13H,6-12H2,1H3. The number of ether oxygens (including phenoxy) is 2. The minimum Gasteiger partial charge on any atom is -0.379 e. The first-order valence-corrected chi connectivity index (χ1v) is 9.51. The van der Waals surface area contributed by atoms with E-state index in [1.54, 1.807) is 17.0 Å². The molecule has 2 saturated heterocycles. The van der Waals surface area contributed by atoms with Crippen molar-refractivity contribution >= 4 is 15.9 Å². The summed E-state index contributed by atoms with van der Waals surface area (Å²) in [4.78, 5) is 14.5. The Labute approximate surface area is 142 Å². The minimum absolute atomic E-state index is 0.0167. The van der Waals surface area contributed by atoms with Gasteiger partial charge < -0.3 is 14.4 Å². The molecule has 2 heterocycles. The van der Waals surface area contributed by atoms with E-state index in [0.717, 1.165) is 0 Å². The van der Waals surface area contributed by atoms with Crippen molar-refractivity contribution in [2.45, 2.75) is 17.9 Å². The molecular formula is C16H22N2O5S. The van der Waals surface area contributed by atoms with E-state index < -0.39 is 10.0 Å². The fourth-order valence-corrected chi connectivity index (χ4v) is 4.31. The van der Waals surface area contributed by atoms with Crippen molar-refractivity contribution in [3.8, 4) is 0 Å². The Morgan fingerprint density at radius 2 is 1.67 bits per heavy atom. The van der Waals surface area contributed by atoms with Crippen LogP contribution >= 0.6 is 0 Å². The highest BCUT2D eigenvalue weighted by molar-refractivity contribution is 7.89. The highest BCUT2D eigenvalue weighted by Crippen LogP contribution is 2.19. The maximum absolute atomic E-state index is 12.6. The van der Waals surface area contributed by atoms with Gasteiger partial charge in [0.15, 0.2) is 0 Å². The lowest BCUT2D eigenvalue weighted by Gasteiger charge is -2.33. The van der Waals surface area contributed by atoms with Crippen molar-refractivity contribution in [3.63, 3.8) is 0 Å². The Kier molecular flexibility index (Phi) is 5.19. The summed E-state index contributed by atoms with van der Waals surface area (Å²) >= 11 is 0. The second-order valence-electron chi connectivity index (χ2n) is 5.96. The van der Waals surface area contributed by atoms with Crippen LogP contribution in [0.15, 0.2) is 29.2 Å². The molecule has 1 aromatic rings. The van der Waals surface area contributed by atoms with Gasteiger partial charge in [0.2, 0.25) is 10.0 Å². The van der Waals surface area contributed by atoms with E-state index in [-0.39, 0.29) is 16.8 Å². The molecule has 24 heavy (non-hydrogen) atoms. The molecule has 3 rings (SSSR count). The summed E-state index contributed by atoms with van der Waals surface area (Å²) < 4.78 is 37.1. The van der Waals surface area contributed by atoms with Crippen LogP contribution in [0.4, 0.5) is 0 Å². The van der Waals surface area contributed by atoms with Crippen LogP contribution in [0.5, 0.6) is 0 Å². The summed E-state index contributed by atoms with van der Waals surface area (Å²) in [6.45, 7) is 5.06. The van der Waals surface area contributed by atoms with Gasteiger partial charge in [-0.2, -0.15) is 4.31 Å². The summed E-state index contributed by atoms with van der Waals surface area (Å²) in [5, 5.41) is 0. The van der Waals surface area contributed by atoms with E-state index in [4.69, 9.17) is 9.47 Å². The van der Waals surface area contributed by atoms with Crippen LogP contribution in [0.1, 0.15) is 17.3 Å². The number of nitrogens with zero attached hydrogens (tertiary/aromatic N) is 2. The lowest BCUT2D eigenvalue weighted by Crippen LogP contribution is -2.47. The summed E-state index contributed by atoms with van der Waals surface area (Å²) in [6, 6.07) is 6.19. The number of rotatable bonds is 3. The first-order valence-electron chi connectivity index (χ1n) is 8.07. The lowest BCUT2D eigenvalue weighted by molar-refractivity contribution is 0.00359. The SMILES string of the molecule is CC1COCCN1C(=O)c1ccc(S(=O)(=O)N2CCOCC2)cc1. The van der Waals surface area contributed by atoms with Gasteiger partial charge in [-0.25, -0.2) is 8.42 Å². The molecule has 7 nitrogen and oxygen atoms in total. The van der Waals surface area contributed by atoms with Crippen LogP contribution in [0.2, 0.25) is 0 Å². The molecular weight excluding hydrogens is 332 g/mol. The summed E-state index contributed by atoms with van der Waals surface area (Å²) in [7, 11) is -3.53. The van der Waals surface area contributed by atoms with Crippen molar-refractivity contribution in [1.82, 2.24) is 9.21 Å². The van der Waals surface area contributed by atoms with E-state index >= 15 is 0 Å². The van der Waals surface area contributed by atoms with Crippen LogP contribution in [-0.2, 0) is 19.5 Å². The largest absolute Gasteiger partial charge is 0.379 e. The number of morpholine rings is 2. The fraction of sp³-hybridized carbons (Fsp3) is 0.562. The van der Waals surface area contributed by atoms with E-state index in [9.17, 15) is 13.2 Å². The monoisotopic (exact) mass is 354 g/mol. The van der Waals surface area contributed by atoms with Gasteiger partial charge in [0, 0.05) is 25.2 Å². The second-order valence-corrected chi connectivity index (χ2v) is 7.90. The highest BCUT2D eigenvalue weighted by atomic mass is 32.2. The van der Waals surface area contributed by atoms with Gasteiger partial charge in [-0.15, -0.1) is 0 Å². The van der Waals surface area contributed by atoms with Crippen LogP contribution in [0.25, 0.3) is 0 Å². The Morgan fingerprint density at radius 3 is 2.29 bits per heavy atom. The summed E-state index contributed by atoms with van der Waals surface area (Å²) in [5.41, 5.74) is 0.490. The van der Waals surface area contributed by atoms with Crippen molar-refractivity contribution in [2.24, 2.45) is 0 Å². The molecule has 0 spiro atoms. The summed E-state index contributed by atoms with van der Waals surface area (Å²) in [6.07, 6.45) is 0. The molecule has 2 aliphatic rings. The number of sulfonamides is 1. The molecule has 0 aromatic heterocycles. The first kappa shape index (κ1) is 17.3. The zero-order chi connectivity index (χ0) is 17.2. The molecule has 1 aromatic carbocycles. The number of amides is 1. The Hall–Kier alpha value is -1.48. The zero-order valence-corrected chi connectivity index (χ0v) is 14.5. The molecule has 0 radical (unpaired) electrons. The molecule has 0 bridgehead atoms. The van der Waals surface area contributed by atoms with Gasteiger partial charge in [-0.1, -0.05) is 0 Å². The zero-order valence-electron chi connectivity index (χ0n) is 13.7. The molecule has 2 fully saturated rings. The van der Waals surface area contributed by atoms with Gasteiger partial charge in [0.1, 0.15) is 0 Å². The molecule has 1 unspecified atom stereocenters. The van der Waals surface area contributed by atoms with Crippen LogP contribution in [-0.4, -0.2) is 75.6 Å². The quantitative estimate of drug-likeness (QED) is 0.793. The Morgan fingerprint density at radius 1 is 1.04 bits per heavy atom. The predicted octanol–water partition coefficient (Wildman–Crippen LogP) is 0.568. The molecule has 2 aliphatic heterocycles. The van der Waals surface area contributed by atoms with Crippen molar-refractivity contribution < 1.29 is 22.7 Å². The summed E-state index contributed by atoms with van der Waals surface area (Å²) in [5.74, 6) is -0.0962. The molecule has 0 N–H and O–H groups in total. The van der Waals surface area contributed by atoms with E-state index in [1.165, 1.54) is 16.4 Å². The minimum atomic E-state index is -3.53. The fourth-order valence-electron chi connectivity index (χ4n) is 2.90. The van der Waals surface area contributed by atoms with Gasteiger partial charge in [-0.3, -0.25) is 4.79 Å². The topological polar surface area (TPSA) is 76.2 Å². The van der Waals surface area contributed by atoms with Crippen molar-refractivity contribution in [1.29, 1.82) is 0 Å². The number of carbonyl (C=O) groups is 1. The number of hydrogen-bond donors (Lipinski definition) is 0. The molecule has 0 saturated carbocycles. The second kappa shape index (κ2) is 7.18. The Balaban J connectivity index is 1.76. The van der Waals surface area contributed by atoms with Crippen molar-refractivity contribution in [2.75, 3.05) is 46.1 Å². The normalized spacial score (nSPS) is 23.2. The van der Waals surface area contributed by atoms with Crippen LogP contribution in [0.3, 0.4) is 0 Å². The molecule has 8 heteroatoms. The third kappa shape index (κ3) is 3.46. The van der Waals surface area contributed by atoms with Crippen LogP contribution < -0.4 is 0 Å². The number of benzene rings is 1. The smallest absolute Gasteiger partial charge is 0.254 e. The Bertz CT molecular complexity index is 683. The van der Waals surface area contributed by atoms with Crippen LogP contribution in [0, 0.1) is 0 Å². The average Bonchev–Trinajstić information content (AvgIpc) is 2.62. The van der Waals surface area contributed by atoms with E-state index in [0.29, 0.717) is 51.6 Å². The highest BCUT2D eigenvalue weighted by Gasteiger charge is 2.28. The maximum atomic E-state index is 12.6. The molecule has 1 atom stereocenters. The van der Waals surface area contributed by atoms with Gasteiger partial charge in [0.25, 0.3) is 5.91 Å². The third-order valence-electron chi connectivity index (χ3n) is 4.34. The van der Waals surface area contributed by atoms with Crippen molar-refractivity contribution in [3.05, 3.63) is 29.8 Å². The molecule has 132 valence electrons. The van der Waals surface area contributed by atoms with Gasteiger partial charge >= 0.3 is 0 Å². The van der Waals surface area contributed by atoms with E-state index in [2.05, 4.69) is 0 Å². The van der Waals surface area contributed by atoms with Gasteiger partial charge in [0.05, 0.1) is 37.4 Å². The first-order chi connectivity index (χ1) is 11.5. The van der Waals surface area contributed by atoms with E-state index in [1.807, 2.05) is 6.92 Å². The lowest BCUT2D eigenvalue weighted by atomic mass is 10.1. The number of hydrogen-bond acceptors (Lipinski definition) is 5. The molecule has 1 amide bonds. The predicted molar refractivity (Wildman–Crippen MR) is 87.3 cm³/mol. The molecule has 0 aliphatic carbocycles. The van der Waals surface area contributed by atoms with Gasteiger partial charge in [-0.05, 0) is 31.2 Å². The third-order valence-corrected chi connectivity index (χ3v) is 6.25. The maximum Gasteiger partial charge on any atom is 0.254 e.